The molecule has 0 bridgehead atoms. The Morgan fingerprint density at radius 1 is 1.08 bits per heavy atom. The number of hydrogen-bond donors (Lipinski definition) is 1. The highest BCUT2D eigenvalue weighted by atomic mass is 19.1. The van der Waals surface area contributed by atoms with Crippen LogP contribution in [-0.2, 0) is 0 Å². The van der Waals surface area contributed by atoms with Crippen LogP contribution in [0.5, 0.6) is 11.6 Å². The van der Waals surface area contributed by atoms with Gasteiger partial charge >= 0.3 is 0 Å². The highest BCUT2D eigenvalue weighted by Gasteiger charge is 2.04. The Hall–Kier alpha value is -3.66. The fourth-order valence-electron chi connectivity index (χ4n) is 2.25. The molecular weight excluding hydrogens is 337 g/mol. The molecule has 130 valence electrons. The molecule has 0 aliphatic rings. The van der Waals surface area contributed by atoms with Crippen molar-refractivity contribution in [3.8, 4) is 29.0 Å². The molecule has 2 aromatic heterocycles. The molecule has 0 amide bonds. The first-order valence-corrected chi connectivity index (χ1v) is 7.77. The van der Waals surface area contributed by atoms with Gasteiger partial charge in [0.2, 0.25) is 5.88 Å². The maximum Gasteiger partial charge on any atom is 0.252 e. The third kappa shape index (κ3) is 4.45. The predicted molar refractivity (Wildman–Crippen MR) is 92.4 cm³/mol. The summed E-state index contributed by atoms with van der Waals surface area (Å²) in [5, 5.41) is 8.80. The minimum Gasteiger partial charge on any atom is -0.490 e. The van der Waals surface area contributed by atoms with Crippen LogP contribution in [0.1, 0.15) is 5.69 Å². The third-order valence-corrected chi connectivity index (χ3v) is 3.41. The minimum atomic E-state index is -0.352. The van der Waals surface area contributed by atoms with Gasteiger partial charge in [-0.05, 0) is 35.9 Å². The van der Waals surface area contributed by atoms with Gasteiger partial charge in [0.15, 0.2) is 0 Å². The quantitative estimate of drug-likeness (QED) is 0.690. The summed E-state index contributed by atoms with van der Waals surface area (Å²) in [6, 6.07) is 15.6. The number of H-pyrrole nitrogens is 1. The van der Waals surface area contributed by atoms with Crippen molar-refractivity contribution in [2.45, 2.75) is 0 Å². The Labute approximate surface area is 148 Å². The van der Waals surface area contributed by atoms with E-state index < -0.39 is 0 Å². The molecule has 0 aliphatic carbocycles. The summed E-state index contributed by atoms with van der Waals surface area (Å²) in [4.78, 5) is 18.5. The van der Waals surface area contributed by atoms with Crippen LogP contribution in [0.15, 0.2) is 59.4 Å². The number of rotatable bonds is 6. The molecule has 3 rings (SSSR count). The molecular formula is C19H14FN3O3. The lowest BCUT2D eigenvalue weighted by Crippen LogP contribution is -2.12. The van der Waals surface area contributed by atoms with Crippen molar-refractivity contribution in [3.63, 3.8) is 0 Å². The molecule has 1 aromatic carbocycles. The molecule has 0 aliphatic heterocycles. The predicted octanol–water partition coefficient (Wildman–Crippen LogP) is 2.91. The van der Waals surface area contributed by atoms with Crippen molar-refractivity contribution >= 4 is 0 Å². The van der Waals surface area contributed by atoms with Gasteiger partial charge in [0, 0.05) is 18.2 Å². The second kappa shape index (κ2) is 7.94. The largest absolute Gasteiger partial charge is 0.490 e. The molecule has 26 heavy (non-hydrogen) atoms. The van der Waals surface area contributed by atoms with E-state index in [1.807, 2.05) is 6.07 Å². The van der Waals surface area contributed by atoms with Gasteiger partial charge in [0.25, 0.3) is 5.56 Å². The Kier molecular flexibility index (Phi) is 5.25. The SMILES string of the molecule is N#Cc1cccc(OCCOc2cc(-c3ccc(F)cc3)[nH]c(=O)c2)n1. The first kappa shape index (κ1) is 17.2. The lowest BCUT2D eigenvalue weighted by Gasteiger charge is -2.09. The van der Waals surface area contributed by atoms with Crippen molar-refractivity contribution < 1.29 is 13.9 Å². The van der Waals surface area contributed by atoms with Gasteiger partial charge in [-0.15, -0.1) is 0 Å². The fraction of sp³-hybridized carbons (Fsp3) is 0.105. The summed E-state index contributed by atoms with van der Waals surface area (Å²) in [5.41, 5.74) is 1.13. The molecule has 3 aromatic rings. The standard InChI is InChI=1S/C19H14FN3O3/c20-14-6-4-13(5-7-14)17-10-16(11-18(24)23-17)25-8-9-26-19-3-1-2-15(12-21)22-19/h1-7,10-11H,8-9H2,(H,23,24). The highest BCUT2D eigenvalue weighted by Crippen LogP contribution is 2.20. The Morgan fingerprint density at radius 2 is 1.85 bits per heavy atom. The minimum absolute atomic E-state index is 0.185. The van der Waals surface area contributed by atoms with E-state index in [0.29, 0.717) is 22.9 Å². The maximum atomic E-state index is 13.0. The van der Waals surface area contributed by atoms with Crippen molar-refractivity contribution in [2.24, 2.45) is 0 Å². The number of halogens is 1. The van der Waals surface area contributed by atoms with E-state index in [1.165, 1.54) is 18.2 Å². The van der Waals surface area contributed by atoms with Gasteiger partial charge in [0.1, 0.15) is 36.5 Å². The first-order valence-electron chi connectivity index (χ1n) is 7.77. The average molecular weight is 351 g/mol. The normalized spacial score (nSPS) is 10.2. The number of hydrogen-bond acceptors (Lipinski definition) is 5. The van der Waals surface area contributed by atoms with Gasteiger partial charge < -0.3 is 14.5 Å². The van der Waals surface area contributed by atoms with Crippen LogP contribution in [-0.4, -0.2) is 23.2 Å². The van der Waals surface area contributed by atoms with Crippen molar-refractivity contribution in [1.82, 2.24) is 9.97 Å². The molecule has 0 saturated carbocycles. The summed E-state index contributed by atoms with van der Waals surface area (Å²) in [7, 11) is 0. The van der Waals surface area contributed by atoms with Crippen molar-refractivity contribution in [3.05, 3.63) is 76.5 Å². The summed E-state index contributed by atoms with van der Waals surface area (Å²) >= 11 is 0. The summed E-state index contributed by atoms with van der Waals surface area (Å²) < 4.78 is 24.0. The molecule has 6 nitrogen and oxygen atoms in total. The maximum absolute atomic E-state index is 13.0. The Morgan fingerprint density at radius 3 is 2.62 bits per heavy atom. The second-order valence-corrected chi connectivity index (χ2v) is 5.27. The lowest BCUT2D eigenvalue weighted by atomic mass is 10.1. The molecule has 1 N–H and O–H groups in total. The van der Waals surface area contributed by atoms with Crippen LogP contribution in [0.4, 0.5) is 4.39 Å². The molecule has 7 heteroatoms. The number of nitriles is 1. The van der Waals surface area contributed by atoms with Crippen molar-refractivity contribution in [1.29, 1.82) is 5.26 Å². The Balaban J connectivity index is 1.62. The van der Waals surface area contributed by atoms with Crippen LogP contribution in [0, 0.1) is 17.1 Å². The number of ether oxygens (including phenoxy) is 2. The number of nitrogens with one attached hydrogen (secondary N) is 1. The number of nitrogens with zero attached hydrogens (tertiary/aromatic N) is 2. The van der Waals surface area contributed by atoms with E-state index in [2.05, 4.69) is 9.97 Å². The molecule has 2 heterocycles. The zero-order valence-electron chi connectivity index (χ0n) is 13.6. The van der Waals surface area contributed by atoms with E-state index >= 15 is 0 Å². The smallest absolute Gasteiger partial charge is 0.252 e. The van der Waals surface area contributed by atoms with Crippen LogP contribution >= 0.6 is 0 Å². The third-order valence-electron chi connectivity index (χ3n) is 3.41. The van der Waals surface area contributed by atoms with E-state index in [1.54, 1.807) is 36.4 Å². The molecule has 0 radical (unpaired) electrons. The van der Waals surface area contributed by atoms with Gasteiger partial charge in [0.05, 0.1) is 5.69 Å². The van der Waals surface area contributed by atoms with Gasteiger partial charge in [-0.3, -0.25) is 4.79 Å². The van der Waals surface area contributed by atoms with Gasteiger partial charge in [-0.25, -0.2) is 9.37 Å². The van der Waals surface area contributed by atoms with Gasteiger partial charge in [-0.2, -0.15) is 5.26 Å². The van der Waals surface area contributed by atoms with E-state index in [0.717, 1.165) is 0 Å². The van der Waals surface area contributed by atoms with E-state index in [-0.39, 0.29) is 30.3 Å². The lowest BCUT2D eigenvalue weighted by molar-refractivity contribution is 0.211. The average Bonchev–Trinajstić information content (AvgIpc) is 2.65. The first-order chi connectivity index (χ1) is 12.6. The topological polar surface area (TPSA) is 88.0 Å². The van der Waals surface area contributed by atoms with E-state index in [9.17, 15) is 9.18 Å². The summed E-state index contributed by atoms with van der Waals surface area (Å²) in [5.74, 6) is 0.343. The molecule has 0 spiro atoms. The van der Waals surface area contributed by atoms with Crippen LogP contribution < -0.4 is 15.0 Å². The Bertz CT molecular complexity index is 994. The van der Waals surface area contributed by atoms with E-state index in [4.69, 9.17) is 14.7 Å². The van der Waals surface area contributed by atoms with Crippen molar-refractivity contribution in [2.75, 3.05) is 13.2 Å². The zero-order chi connectivity index (χ0) is 18.4. The van der Waals surface area contributed by atoms with Gasteiger partial charge in [-0.1, -0.05) is 6.07 Å². The second-order valence-electron chi connectivity index (χ2n) is 5.27. The summed E-state index contributed by atoms with van der Waals surface area (Å²) in [6.07, 6.45) is 0. The molecule has 0 unspecified atom stereocenters. The fourth-order valence-corrected chi connectivity index (χ4v) is 2.25. The highest BCUT2D eigenvalue weighted by molar-refractivity contribution is 5.60. The molecule has 0 saturated heterocycles. The number of benzene rings is 1. The zero-order valence-corrected chi connectivity index (χ0v) is 13.6. The van der Waals surface area contributed by atoms with Crippen LogP contribution in [0.2, 0.25) is 0 Å². The molecule has 0 atom stereocenters. The summed E-state index contributed by atoms with van der Waals surface area (Å²) in [6.45, 7) is 0.380. The monoisotopic (exact) mass is 351 g/mol. The number of aromatic nitrogens is 2. The van der Waals surface area contributed by atoms with Crippen LogP contribution in [0.25, 0.3) is 11.3 Å². The van der Waals surface area contributed by atoms with Crippen LogP contribution in [0.3, 0.4) is 0 Å². The number of pyridine rings is 2. The molecule has 0 fully saturated rings. The number of aromatic amines is 1.